The monoisotopic (exact) mass is 266 g/mol. The molecular weight excluding hydrogens is 252 g/mol. The van der Waals surface area contributed by atoms with Gasteiger partial charge >= 0.3 is 6.03 Å². The molecule has 3 rings (SSSR count). The number of hydrogen-bond acceptors (Lipinski definition) is 2. The van der Waals surface area contributed by atoms with Crippen molar-refractivity contribution in [3.8, 4) is 11.1 Å². The lowest BCUT2D eigenvalue weighted by atomic mass is 10.0. The molecule has 1 aliphatic rings. The van der Waals surface area contributed by atoms with E-state index in [1.807, 2.05) is 42.5 Å². The summed E-state index contributed by atoms with van der Waals surface area (Å²) in [6.07, 6.45) is 0.507. The quantitative estimate of drug-likeness (QED) is 0.836. The first-order valence-corrected chi connectivity index (χ1v) is 6.48. The van der Waals surface area contributed by atoms with Crippen molar-refractivity contribution < 1.29 is 9.59 Å². The van der Waals surface area contributed by atoms with Gasteiger partial charge in [0.2, 0.25) is 0 Å². The Kier molecular flexibility index (Phi) is 3.21. The van der Waals surface area contributed by atoms with Crippen LogP contribution in [0.2, 0.25) is 0 Å². The molecule has 1 atom stereocenters. The van der Waals surface area contributed by atoms with E-state index in [9.17, 15) is 9.59 Å². The number of nitrogens with one attached hydrogen (secondary N) is 2. The minimum Gasteiger partial charge on any atom is -0.326 e. The zero-order valence-corrected chi connectivity index (χ0v) is 10.8. The van der Waals surface area contributed by atoms with Gasteiger partial charge in [-0.1, -0.05) is 54.6 Å². The molecule has 0 saturated carbocycles. The van der Waals surface area contributed by atoms with E-state index in [0.717, 1.165) is 16.7 Å². The number of carbonyl (C=O) groups is 2. The highest BCUT2D eigenvalue weighted by atomic mass is 16.2. The van der Waals surface area contributed by atoms with Gasteiger partial charge in [-0.05, 0) is 16.7 Å². The Balaban J connectivity index is 1.74. The maximum atomic E-state index is 11.5. The zero-order valence-electron chi connectivity index (χ0n) is 10.8. The molecular formula is C16H14N2O2. The molecule has 4 heteroatoms. The lowest BCUT2D eigenvalue weighted by Gasteiger charge is -2.08. The predicted octanol–water partition coefficient (Wildman–Crippen LogP) is 2.10. The molecule has 0 bridgehead atoms. The zero-order chi connectivity index (χ0) is 13.9. The maximum absolute atomic E-state index is 11.5. The van der Waals surface area contributed by atoms with Crippen molar-refractivity contribution >= 4 is 11.9 Å². The second-order valence-electron chi connectivity index (χ2n) is 4.78. The third kappa shape index (κ3) is 2.54. The highest BCUT2D eigenvalue weighted by Gasteiger charge is 2.29. The highest BCUT2D eigenvalue weighted by Crippen LogP contribution is 2.19. The Morgan fingerprint density at radius 3 is 2.10 bits per heavy atom. The summed E-state index contributed by atoms with van der Waals surface area (Å²) in [5.41, 5.74) is 3.31. The van der Waals surface area contributed by atoms with Crippen LogP contribution in [0.25, 0.3) is 11.1 Å². The van der Waals surface area contributed by atoms with Crippen LogP contribution in [0.5, 0.6) is 0 Å². The third-order valence-corrected chi connectivity index (χ3v) is 3.36. The fraction of sp³-hybridized carbons (Fsp3) is 0.125. The van der Waals surface area contributed by atoms with Gasteiger partial charge in [0.15, 0.2) is 0 Å². The molecule has 2 aromatic rings. The van der Waals surface area contributed by atoms with Gasteiger partial charge in [0.25, 0.3) is 5.91 Å². The lowest BCUT2D eigenvalue weighted by Crippen LogP contribution is -2.31. The molecule has 1 heterocycles. The second-order valence-corrected chi connectivity index (χ2v) is 4.78. The van der Waals surface area contributed by atoms with E-state index in [2.05, 4.69) is 22.8 Å². The van der Waals surface area contributed by atoms with Gasteiger partial charge in [-0.15, -0.1) is 0 Å². The Hall–Kier alpha value is -2.62. The van der Waals surface area contributed by atoms with Crippen LogP contribution in [0.3, 0.4) is 0 Å². The van der Waals surface area contributed by atoms with Crippen molar-refractivity contribution in [2.75, 3.05) is 0 Å². The summed E-state index contributed by atoms with van der Waals surface area (Å²) in [5, 5.41) is 4.83. The van der Waals surface area contributed by atoms with Crippen molar-refractivity contribution in [3.05, 3.63) is 60.2 Å². The van der Waals surface area contributed by atoms with Crippen LogP contribution >= 0.6 is 0 Å². The number of amides is 3. The van der Waals surface area contributed by atoms with Crippen LogP contribution in [0.1, 0.15) is 5.56 Å². The van der Waals surface area contributed by atoms with E-state index < -0.39 is 12.1 Å². The largest absolute Gasteiger partial charge is 0.326 e. The van der Waals surface area contributed by atoms with Gasteiger partial charge in [-0.25, -0.2) is 4.79 Å². The smallest absolute Gasteiger partial charge is 0.322 e. The van der Waals surface area contributed by atoms with Crippen molar-refractivity contribution in [1.82, 2.24) is 10.6 Å². The minimum atomic E-state index is -0.468. The normalized spacial score (nSPS) is 17.7. The van der Waals surface area contributed by atoms with Crippen LogP contribution in [0.15, 0.2) is 54.6 Å². The molecule has 1 fully saturated rings. The van der Waals surface area contributed by atoms with Crippen molar-refractivity contribution in [1.29, 1.82) is 0 Å². The second kappa shape index (κ2) is 5.17. The fourth-order valence-corrected chi connectivity index (χ4v) is 2.30. The molecule has 0 spiro atoms. The number of rotatable bonds is 3. The van der Waals surface area contributed by atoms with Gasteiger partial charge in [0.1, 0.15) is 6.04 Å². The van der Waals surface area contributed by atoms with E-state index in [0.29, 0.717) is 6.42 Å². The van der Waals surface area contributed by atoms with Crippen LogP contribution in [0.4, 0.5) is 4.79 Å². The Labute approximate surface area is 116 Å². The molecule has 1 saturated heterocycles. The van der Waals surface area contributed by atoms with Gasteiger partial charge in [-0.3, -0.25) is 10.1 Å². The first-order valence-electron chi connectivity index (χ1n) is 6.48. The average Bonchev–Trinajstić information content (AvgIpc) is 2.79. The average molecular weight is 266 g/mol. The standard InChI is InChI=1S/C16H14N2O2/c19-15-14(17-16(20)18-15)10-11-6-8-13(9-7-11)12-4-2-1-3-5-12/h1-9,14H,10H2,(H2,17,18,19,20). The summed E-state index contributed by atoms with van der Waals surface area (Å²) in [5.74, 6) is -0.262. The van der Waals surface area contributed by atoms with Crippen molar-refractivity contribution in [2.45, 2.75) is 12.5 Å². The summed E-state index contributed by atoms with van der Waals surface area (Å²) in [7, 11) is 0. The van der Waals surface area contributed by atoms with Gasteiger partial charge in [-0.2, -0.15) is 0 Å². The van der Waals surface area contributed by atoms with Crippen molar-refractivity contribution in [2.24, 2.45) is 0 Å². The van der Waals surface area contributed by atoms with Gasteiger partial charge in [0.05, 0.1) is 0 Å². The summed E-state index contributed by atoms with van der Waals surface area (Å²) in [6, 6.07) is 17.2. The predicted molar refractivity (Wildman–Crippen MR) is 76.0 cm³/mol. The van der Waals surface area contributed by atoms with Gasteiger partial charge < -0.3 is 5.32 Å². The number of urea groups is 1. The molecule has 2 N–H and O–H groups in total. The molecule has 0 radical (unpaired) electrons. The summed E-state index contributed by atoms with van der Waals surface area (Å²) >= 11 is 0. The molecule has 3 amide bonds. The number of hydrogen-bond donors (Lipinski definition) is 2. The van der Waals surface area contributed by atoms with E-state index in [4.69, 9.17) is 0 Å². The van der Waals surface area contributed by atoms with E-state index in [-0.39, 0.29) is 5.91 Å². The Bertz CT molecular complexity index is 635. The van der Waals surface area contributed by atoms with E-state index in [1.165, 1.54) is 0 Å². The Morgan fingerprint density at radius 2 is 1.50 bits per heavy atom. The summed E-state index contributed by atoms with van der Waals surface area (Å²) < 4.78 is 0. The number of imide groups is 1. The number of carbonyl (C=O) groups excluding carboxylic acids is 2. The van der Waals surface area contributed by atoms with Crippen LogP contribution in [-0.4, -0.2) is 18.0 Å². The Morgan fingerprint density at radius 1 is 0.850 bits per heavy atom. The molecule has 1 unspecified atom stereocenters. The SMILES string of the molecule is O=C1NC(=O)C(Cc2ccc(-c3ccccc3)cc2)N1. The third-order valence-electron chi connectivity index (χ3n) is 3.36. The molecule has 4 nitrogen and oxygen atoms in total. The van der Waals surface area contributed by atoms with E-state index >= 15 is 0 Å². The molecule has 1 aliphatic heterocycles. The lowest BCUT2D eigenvalue weighted by molar-refractivity contribution is -0.120. The number of benzene rings is 2. The van der Waals surface area contributed by atoms with Gasteiger partial charge in [0, 0.05) is 6.42 Å². The molecule has 2 aromatic carbocycles. The topological polar surface area (TPSA) is 58.2 Å². The van der Waals surface area contributed by atoms with Crippen LogP contribution in [0, 0.1) is 0 Å². The minimum absolute atomic E-state index is 0.262. The van der Waals surface area contributed by atoms with Crippen molar-refractivity contribution in [3.63, 3.8) is 0 Å². The first kappa shape index (κ1) is 12.4. The maximum Gasteiger partial charge on any atom is 0.322 e. The molecule has 0 aromatic heterocycles. The first-order chi connectivity index (χ1) is 9.72. The summed E-state index contributed by atoms with van der Waals surface area (Å²) in [6.45, 7) is 0. The van der Waals surface area contributed by atoms with Crippen LogP contribution in [-0.2, 0) is 11.2 Å². The summed E-state index contributed by atoms with van der Waals surface area (Å²) in [4.78, 5) is 22.5. The highest BCUT2D eigenvalue weighted by molar-refractivity contribution is 6.04. The van der Waals surface area contributed by atoms with E-state index in [1.54, 1.807) is 0 Å². The van der Waals surface area contributed by atoms with Crippen LogP contribution < -0.4 is 10.6 Å². The molecule has 100 valence electrons. The molecule has 20 heavy (non-hydrogen) atoms. The fourth-order valence-electron chi connectivity index (χ4n) is 2.30. The molecule has 0 aliphatic carbocycles.